The van der Waals surface area contributed by atoms with Crippen LogP contribution in [0.5, 0.6) is 11.8 Å². The van der Waals surface area contributed by atoms with Gasteiger partial charge in [-0.15, -0.1) is 0 Å². The summed E-state index contributed by atoms with van der Waals surface area (Å²) in [5.41, 5.74) is 7.98. The van der Waals surface area contributed by atoms with Gasteiger partial charge in [-0.25, -0.2) is 9.97 Å². The number of carbonyl (C=O) groups excluding carboxylic acids is 1. The summed E-state index contributed by atoms with van der Waals surface area (Å²) in [6.45, 7) is 8.34. The van der Waals surface area contributed by atoms with E-state index in [0.717, 1.165) is 11.1 Å². The fraction of sp³-hybridized carbons (Fsp3) is 0.421. The predicted molar refractivity (Wildman–Crippen MR) is 97.8 cm³/mol. The quantitative estimate of drug-likeness (QED) is 0.854. The first kappa shape index (κ1) is 18.3. The Morgan fingerprint density at radius 2 is 2.00 bits per heavy atom. The minimum Gasteiger partial charge on any atom is -0.424 e. The zero-order chi connectivity index (χ0) is 18.9. The minimum absolute atomic E-state index is 0.0456. The molecule has 7 heteroatoms. The summed E-state index contributed by atoms with van der Waals surface area (Å²) in [4.78, 5) is 20.3. The maximum Gasteiger partial charge on any atom is 0.322 e. The van der Waals surface area contributed by atoms with E-state index in [1.54, 1.807) is 0 Å². The number of aromatic nitrogens is 2. The zero-order valence-corrected chi connectivity index (χ0v) is 15.4. The van der Waals surface area contributed by atoms with Crippen molar-refractivity contribution in [3.8, 4) is 11.8 Å². The highest BCUT2D eigenvalue weighted by Crippen LogP contribution is 2.42. The van der Waals surface area contributed by atoms with E-state index in [1.807, 2.05) is 45.9 Å². The first-order valence-electron chi connectivity index (χ1n) is 8.60. The van der Waals surface area contributed by atoms with Gasteiger partial charge in [-0.2, -0.15) is 0 Å². The van der Waals surface area contributed by atoms with Crippen LogP contribution in [0.25, 0.3) is 0 Å². The number of nitrogens with one attached hydrogen (secondary N) is 1. The predicted octanol–water partition coefficient (Wildman–Crippen LogP) is 2.96. The van der Waals surface area contributed by atoms with Crippen LogP contribution in [-0.2, 0) is 21.7 Å². The zero-order valence-electron chi connectivity index (χ0n) is 15.4. The molecule has 1 aromatic carbocycles. The number of amides is 1. The number of benzene rings is 1. The van der Waals surface area contributed by atoms with Crippen molar-refractivity contribution in [2.45, 2.75) is 45.9 Å². The monoisotopic (exact) mass is 356 g/mol. The summed E-state index contributed by atoms with van der Waals surface area (Å²) >= 11 is 0. The van der Waals surface area contributed by atoms with Crippen molar-refractivity contribution < 1.29 is 14.3 Å². The second-order valence-corrected chi connectivity index (χ2v) is 7.20. The maximum absolute atomic E-state index is 12.0. The molecule has 0 aliphatic carbocycles. The molecule has 0 fully saturated rings. The van der Waals surface area contributed by atoms with Gasteiger partial charge in [0.05, 0.1) is 36.3 Å². The van der Waals surface area contributed by atoms with Crippen molar-refractivity contribution in [1.82, 2.24) is 9.97 Å². The van der Waals surface area contributed by atoms with Crippen molar-refractivity contribution in [3.05, 3.63) is 41.7 Å². The highest BCUT2D eigenvalue weighted by molar-refractivity contribution is 5.94. The Balaban J connectivity index is 1.74. The summed E-state index contributed by atoms with van der Waals surface area (Å²) in [5, 5.41) is 2.70. The van der Waals surface area contributed by atoms with Crippen molar-refractivity contribution >= 4 is 11.6 Å². The van der Waals surface area contributed by atoms with Gasteiger partial charge in [0.2, 0.25) is 5.91 Å². The average Bonchev–Trinajstić information content (AvgIpc) is 2.92. The lowest BCUT2D eigenvalue weighted by molar-refractivity contribution is -0.118. The topological polar surface area (TPSA) is 99.4 Å². The molecule has 26 heavy (non-hydrogen) atoms. The van der Waals surface area contributed by atoms with E-state index in [2.05, 4.69) is 15.3 Å². The lowest BCUT2D eigenvalue weighted by Gasteiger charge is -2.20. The third kappa shape index (κ3) is 3.68. The number of carbonyl (C=O) groups is 1. The van der Waals surface area contributed by atoms with Crippen LogP contribution in [0.1, 0.15) is 38.8 Å². The van der Waals surface area contributed by atoms with E-state index in [1.165, 1.54) is 12.4 Å². The number of nitrogens with two attached hydrogens (primary N) is 1. The minimum atomic E-state index is -0.583. The molecule has 1 aliphatic rings. The van der Waals surface area contributed by atoms with Crippen LogP contribution in [0.4, 0.5) is 5.69 Å². The van der Waals surface area contributed by atoms with Gasteiger partial charge in [0.1, 0.15) is 5.75 Å². The number of ether oxygens (including phenoxy) is 2. The SMILES string of the molecule is CC(C)[C@@H](N)C(=O)Nc1cnc(Oc2cccc3c2C(C)(C)OC3)nc1. The molecule has 1 aliphatic heterocycles. The normalized spacial score (nSPS) is 16.2. The van der Waals surface area contributed by atoms with E-state index < -0.39 is 11.6 Å². The molecule has 0 spiro atoms. The van der Waals surface area contributed by atoms with Crippen LogP contribution >= 0.6 is 0 Å². The fourth-order valence-corrected chi connectivity index (χ4v) is 2.86. The largest absolute Gasteiger partial charge is 0.424 e. The molecule has 3 N–H and O–H groups in total. The molecule has 1 amide bonds. The summed E-state index contributed by atoms with van der Waals surface area (Å²) < 4.78 is 11.7. The first-order valence-corrected chi connectivity index (χ1v) is 8.60. The van der Waals surface area contributed by atoms with Gasteiger partial charge in [-0.05, 0) is 31.4 Å². The third-order valence-electron chi connectivity index (χ3n) is 4.42. The van der Waals surface area contributed by atoms with Crippen LogP contribution in [0, 0.1) is 5.92 Å². The number of rotatable bonds is 5. The smallest absolute Gasteiger partial charge is 0.322 e. The first-order chi connectivity index (χ1) is 12.3. The second-order valence-electron chi connectivity index (χ2n) is 7.20. The van der Waals surface area contributed by atoms with E-state index in [-0.39, 0.29) is 17.8 Å². The molecule has 2 heterocycles. The standard InChI is InChI=1S/C19H24N4O3/c1-11(2)16(20)17(24)23-13-8-21-18(22-9-13)26-14-7-5-6-12-10-25-19(3,4)15(12)14/h5-9,11,16H,10,20H2,1-4H3,(H,23,24)/t16-/m1/s1. The van der Waals surface area contributed by atoms with Crippen LogP contribution in [0.3, 0.4) is 0 Å². The van der Waals surface area contributed by atoms with Gasteiger partial charge in [0.15, 0.2) is 0 Å². The highest BCUT2D eigenvalue weighted by Gasteiger charge is 2.34. The second kappa shape index (κ2) is 7.01. The number of hydrogen-bond donors (Lipinski definition) is 2. The molecular weight excluding hydrogens is 332 g/mol. The molecule has 1 atom stereocenters. The van der Waals surface area contributed by atoms with Gasteiger partial charge in [-0.1, -0.05) is 26.0 Å². The molecule has 7 nitrogen and oxygen atoms in total. The molecule has 0 radical (unpaired) electrons. The Morgan fingerprint density at radius 1 is 1.31 bits per heavy atom. The Kier molecular flexibility index (Phi) is 4.93. The van der Waals surface area contributed by atoms with E-state index in [4.69, 9.17) is 15.2 Å². The molecule has 3 rings (SSSR count). The Labute approximate surface area is 152 Å². The average molecular weight is 356 g/mol. The van der Waals surface area contributed by atoms with Gasteiger partial charge < -0.3 is 20.5 Å². The van der Waals surface area contributed by atoms with Crippen LogP contribution in [0.15, 0.2) is 30.6 Å². The molecule has 2 aromatic rings. The van der Waals surface area contributed by atoms with Gasteiger partial charge >= 0.3 is 6.01 Å². The van der Waals surface area contributed by atoms with Gasteiger partial charge in [-0.3, -0.25) is 4.79 Å². The Morgan fingerprint density at radius 3 is 2.65 bits per heavy atom. The maximum atomic E-state index is 12.0. The van der Waals surface area contributed by atoms with Crippen molar-refractivity contribution in [2.24, 2.45) is 11.7 Å². The summed E-state index contributed by atoms with van der Waals surface area (Å²) in [7, 11) is 0. The molecule has 1 aromatic heterocycles. The Hall–Kier alpha value is -2.51. The van der Waals surface area contributed by atoms with E-state index in [0.29, 0.717) is 18.0 Å². The van der Waals surface area contributed by atoms with Crippen LogP contribution in [-0.4, -0.2) is 21.9 Å². The highest BCUT2D eigenvalue weighted by atomic mass is 16.5. The van der Waals surface area contributed by atoms with Crippen LogP contribution in [0.2, 0.25) is 0 Å². The van der Waals surface area contributed by atoms with E-state index in [9.17, 15) is 4.79 Å². The molecule has 138 valence electrons. The fourth-order valence-electron chi connectivity index (χ4n) is 2.86. The number of fused-ring (bicyclic) bond motifs is 1. The number of nitrogens with zero attached hydrogens (tertiary/aromatic N) is 2. The van der Waals surface area contributed by atoms with Gasteiger partial charge in [0.25, 0.3) is 0 Å². The Bertz CT molecular complexity index is 803. The van der Waals surface area contributed by atoms with Crippen molar-refractivity contribution in [3.63, 3.8) is 0 Å². The molecule has 0 bridgehead atoms. The van der Waals surface area contributed by atoms with Gasteiger partial charge in [0, 0.05) is 5.56 Å². The molecule has 0 saturated heterocycles. The summed E-state index contributed by atoms with van der Waals surface area (Å²) in [6, 6.07) is 5.43. The number of hydrogen-bond acceptors (Lipinski definition) is 6. The lowest BCUT2D eigenvalue weighted by atomic mass is 9.95. The summed E-state index contributed by atoms with van der Waals surface area (Å²) in [6.07, 6.45) is 3.00. The third-order valence-corrected chi connectivity index (χ3v) is 4.42. The molecular formula is C19H24N4O3. The lowest BCUT2D eigenvalue weighted by Crippen LogP contribution is -2.39. The molecule has 0 unspecified atom stereocenters. The number of anilines is 1. The van der Waals surface area contributed by atoms with E-state index >= 15 is 0 Å². The summed E-state index contributed by atoms with van der Waals surface area (Å²) in [5.74, 6) is 0.449. The van der Waals surface area contributed by atoms with Crippen LogP contribution < -0.4 is 15.8 Å². The molecule has 0 saturated carbocycles. The van der Waals surface area contributed by atoms with Crippen molar-refractivity contribution in [1.29, 1.82) is 0 Å². The van der Waals surface area contributed by atoms with Crippen molar-refractivity contribution in [2.75, 3.05) is 5.32 Å².